The second-order valence-corrected chi connectivity index (χ2v) is 9.82. The van der Waals surface area contributed by atoms with Gasteiger partial charge in [0.05, 0.1) is 19.6 Å². The number of carbonyl (C=O) groups excluding carboxylic acids is 1. The van der Waals surface area contributed by atoms with Crippen molar-refractivity contribution in [2.75, 3.05) is 26.9 Å². The summed E-state index contributed by atoms with van der Waals surface area (Å²) in [6.45, 7) is 4.58. The summed E-state index contributed by atoms with van der Waals surface area (Å²) >= 11 is 0. The van der Waals surface area contributed by atoms with E-state index in [1.54, 1.807) is 4.90 Å². The Morgan fingerprint density at radius 3 is 2.50 bits per heavy atom. The first-order valence-electron chi connectivity index (χ1n) is 12.1. The summed E-state index contributed by atoms with van der Waals surface area (Å²) in [6, 6.07) is 1.87. The van der Waals surface area contributed by atoms with Gasteiger partial charge in [-0.05, 0) is 37.7 Å². The third kappa shape index (κ3) is 7.71. The van der Waals surface area contributed by atoms with Gasteiger partial charge in [-0.1, -0.05) is 6.92 Å². The lowest BCUT2D eigenvalue weighted by atomic mass is 9.96. The number of amides is 1. The van der Waals surface area contributed by atoms with Gasteiger partial charge in [0.25, 0.3) is 0 Å². The first-order chi connectivity index (χ1) is 16.8. The molecule has 1 aliphatic carbocycles. The van der Waals surface area contributed by atoms with Crippen LogP contribution in [0.1, 0.15) is 56.4 Å². The van der Waals surface area contributed by atoms with Crippen LogP contribution in [0.15, 0.2) is 12.3 Å². The Hall–Kier alpha value is -2.08. The molecule has 204 valence electrons. The lowest BCUT2D eigenvalue weighted by molar-refractivity contribution is -0.891. The van der Waals surface area contributed by atoms with Crippen molar-refractivity contribution >= 4 is 5.91 Å². The van der Waals surface area contributed by atoms with E-state index in [4.69, 9.17) is 9.57 Å². The number of pyridine rings is 1. The fourth-order valence-electron chi connectivity index (χ4n) is 5.14. The Bertz CT molecular complexity index is 902. The van der Waals surface area contributed by atoms with Gasteiger partial charge in [0.2, 0.25) is 17.8 Å². The standard InChI is InChI=1S/C22H31F3N3O3.C2H3F3/c1-14-13-31-8-6-19(14)26-18-4-3-15(10-18)21(29)27-7-5-20-16(11-27)9-17(22(23,24)25)12-28(20)30-2;1-2(3,4)5/h9,12,14-15,18-19,26H,3-8,10-11,13H2,1-2H3;1H3/q+1;/t14?,15-,18+,19?;/m0./s1. The summed E-state index contributed by atoms with van der Waals surface area (Å²) in [6.07, 6.45) is -3.48. The van der Waals surface area contributed by atoms with Gasteiger partial charge in [-0.15, -0.1) is 0 Å². The number of carbonyl (C=O) groups is 1. The minimum atomic E-state index is -4.47. The highest BCUT2D eigenvalue weighted by Crippen LogP contribution is 2.33. The second-order valence-electron chi connectivity index (χ2n) is 9.82. The molecule has 4 rings (SSSR count). The third-order valence-electron chi connectivity index (χ3n) is 6.91. The molecule has 36 heavy (non-hydrogen) atoms. The zero-order chi connectivity index (χ0) is 26.7. The van der Waals surface area contributed by atoms with Crippen molar-refractivity contribution in [3.05, 3.63) is 29.1 Å². The van der Waals surface area contributed by atoms with Crippen molar-refractivity contribution < 1.29 is 45.4 Å². The molecule has 1 aromatic heterocycles. The predicted molar refractivity (Wildman–Crippen MR) is 118 cm³/mol. The summed E-state index contributed by atoms with van der Waals surface area (Å²) in [5.74, 6) is 0.434. The van der Waals surface area contributed by atoms with Crippen LogP contribution in [0, 0.1) is 11.8 Å². The van der Waals surface area contributed by atoms with E-state index in [0.29, 0.717) is 42.2 Å². The van der Waals surface area contributed by atoms with Gasteiger partial charge in [-0.2, -0.15) is 26.3 Å². The molecular formula is C24H34F6N3O3+. The maximum Gasteiger partial charge on any atom is 0.422 e. The van der Waals surface area contributed by atoms with Crippen LogP contribution in [0.3, 0.4) is 0 Å². The molecule has 1 N–H and O–H groups in total. The van der Waals surface area contributed by atoms with Gasteiger partial charge in [-0.3, -0.25) is 9.63 Å². The highest BCUT2D eigenvalue weighted by Gasteiger charge is 2.40. The minimum Gasteiger partial charge on any atom is -0.381 e. The van der Waals surface area contributed by atoms with Gasteiger partial charge >= 0.3 is 12.4 Å². The first-order valence-corrected chi connectivity index (χ1v) is 12.1. The van der Waals surface area contributed by atoms with E-state index in [9.17, 15) is 31.1 Å². The molecule has 12 heteroatoms. The van der Waals surface area contributed by atoms with E-state index in [-0.39, 0.29) is 25.3 Å². The third-order valence-corrected chi connectivity index (χ3v) is 6.91. The Labute approximate surface area is 206 Å². The molecule has 3 heterocycles. The molecule has 3 aliphatic rings. The molecular weight excluding hydrogens is 492 g/mol. The minimum absolute atomic E-state index is 0.0522. The average molecular weight is 527 g/mol. The fourth-order valence-corrected chi connectivity index (χ4v) is 5.14. The van der Waals surface area contributed by atoms with Crippen LogP contribution in [0.25, 0.3) is 0 Å². The van der Waals surface area contributed by atoms with Crippen molar-refractivity contribution in [3.63, 3.8) is 0 Å². The Morgan fingerprint density at radius 2 is 1.89 bits per heavy atom. The molecule has 0 radical (unpaired) electrons. The zero-order valence-electron chi connectivity index (χ0n) is 20.7. The number of hydrogen-bond donors (Lipinski definition) is 1. The van der Waals surface area contributed by atoms with Crippen LogP contribution in [0.5, 0.6) is 0 Å². The zero-order valence-corrected chi connectivity index (χ0v) is 20.7. The van der Waals surface area contributed by atoms with E-state index in [2.05, 4.69) is 12.2 Å². The topological polar surface area (TPSA) is 54.7 Å². The monoisotopic (exact) mass is 526 g/mol. The lowest BCUT2D eigenvalue weighted by Crippen LogP contribution is -2.50. The number of ether oxygens (including phenoxy) is 1. The highest BCUT2D eigenvalue weighted by molar-refractivity contribution is 5.79. The molecule has 0 spiro atoms. The fraction of sp³-hybridized carbons (Fsp3) is 0.750. The first kappa shape index (κ1) is 28.5. The molecule has 1 amide bonds. The Kier molecular flexibility index (Phi) is 9.13. The summed E-state index contributed by atoms with van der Waals surface area (Å²) in [5.41, 5.74) is 0.428. The molecule has 2 unspecified atom stereocenters. The molecule has 0 aromatic carbocycles. The predicted octanol–water partition coefficient (Wildman–Crippen LogP) is 3.69. The van der Waals surface area contributed by atoms with Gasteiger partial charge < -0.3 is 15.0 Å². The number of halogens is 6. The number of fused-ring (bicyclic) bond motifs is 1. The average Bonchev–Trinajstić information content (AvgIpc) is 3.25. The Balaban J connectivity index is 0.000000658. The molecule has 4 atom stereocenters. The van der Waals surface area contributed by atoms with Gasteiger partial charge in [0.1, 0.15) is 12.7 Å². The van der Waals surface area contributed by atoms with Crippen molar-refractivity contribution in [1.29, 1.82) is 0 Å². The van der Waals surface area contributed by atoms with E-state index < -0.39 is 17.9 Å². The number of alkyl halides is 6. The van der Waals surface area contributed by atoms with E-state index in [1.807, 2.05) is 0 Å². The highest BCUT2D eigenvalue weighted by atomic mass is 19.4. The number of hydrogen-bond acceptors (Lipinski definition) is 4. The SMILES string of the molecule is CC(F)(F)F.CO[n+]1cc(C(F)(F)F)cc2c1CCN(C(=O)[C@H]1CC[C@@H](NC3CCOCC3C)C1)C2. The van der Waals surface area contributed by atoms with Crippen molar-refractivity contribution in [2.45, 2.75) is 76.9 Å². The maximum absolute atomic E-state index is 13.3. The van der Waals surface area contributed by atoms with E-state index in [1.165, 1.54) is 11.8 Å². The summed E-state index contributed by atoms with van der Waals surface area (Å²) in [7, 11) is 1.35. The molecule has 1 saturated heterocycles. The molecule has 1 aromatic rings. The number of nitrogens with zero attached hydrogens (tertiary/aromatic N) is 2. The van der Waals surface area contributed by atoms with Crippen LogP contribution in [-0.2, 0) is 28.7 Å². The second kappa shape index (κ2) is 11.5. The van der Waals surface area contributed by atoms with Crippen molar-refractivity contribution in [2.24, 2.45) is 11.8 Å². The van der Waals surface area contributed by atoms with Crippen LogP contribution < -0.4 is 14.9 Å². The number of aromatic nitrogens is 1. The van der Waals surface area contributed by atoms with Gasteiger partial charge in [0.15, 0.2) is 0 Å². The van der Waals surface area contributed by atoms with Crippen LogP contribution in [0.2, 0.25) is 0 Å². The number of rotatable bonds is 4. The molecule has 0 bridgehead atoms. The van der Waals surface area contributed by atoms with Crippen LogP contribution >= 0.6 is 0 Å². The van der Waals surface area contributed by atoms with Gasteiger partial charge in [0, 0.05) is 48.4 Å². The largest absolute Gasteiger partial charge is 0.422 e. The van der Waals surface area contributed by atoms with Gasteiger partial charge in [-0.25, -0.2) is 0 Å². The van der Waals surface area contributed by atoms with Crippen LogP contribution in [0.4, 0.5) is 26.3 Å². The lowest BCUT2D eigenvalue weighted by Gasteiger charge is -2.32. The molecule has 2 fully saturated rings. The summed E-state index contributed by atoms with van der Waals surface area (Å²) in [5, 5.41) is 3.71. The smallest absolute Gasteiger partial charge is 0.381 e. The van der Waals surface area contributed by atoms with Crippen molar-refractivity contribution in [1.82, 2.24) is 10.2 Å². The van der Waals surface area contributed by atoms with E-state index >= 15 is 0 Å². The van der Waals surface area contributed by atoms with E-state index in [0.717, 1.165) is 51.2 Å². The number of nitrogens with one attached hydrogen (secondary N) is 1. The Morgan fingerprint density at radius 1 is 1.19 bits per heavy atom. The molecule has 2 aliphatic heterocycles. The van der Waals surface area contributed by atoms with Crippen LogP contribution in [-0.4, -0.2) is 55.9 Å². The van der Waals surface area contributed by atoms with Crippen molar-refractivity contribution in [3.8, 4) is 0 Å². The molecule has 6 nitrogen and oxygen atoms in total. The summed E-state index contributed by atoms with van der Waals surface area (Å²) < 4.78 is 77.6. The molecule has 1 saturated carbocycles. The maximum atomic E-state index is 13.3. The quantitative estimate of drug-likeness (QED) is 0.481. The normalized spacial score (nSPS) is 26.6. The summed E-state index contributed by atoms with van der Waals surface area (Å²) in [4.78, 5) is 20.0.